The molecule has 1 fully saturated rings. The van der Waals surface area contributed by atoms with Crippen LogP contribution in [-0.2, 0) is 0 Å². The van der Waals surface area contributed by atoms with Gasteiger partial charge in [-0.1, -0.05) is 12.1 Å². The molecule has 1 aliphatic rings. The summed E-state index contributed by atoms with van der Waals surface area (Å²) in [5.41, 5.74) is 3.10. The molecule has 2 aromatic rings. The van der Waals surface area contributed by atoms with Crippen LogP contribution >= 0.6 is 0 Å². The third-order valence-corrected chi connectivity index (χ3v) is 4.67. The van der Waals surface area contributed by atoms with E-state index in [1.54, 1.807) is 14.2 Å². The minimum Gasteiger partial charge on any atom is -0.496 e. The summed E-state index contributed by atoms with van der Waals surface area (Å²) in [5.74, 6) is 1.68. The Bertz CT molecular complexity index is 675. The van der Waals surface area contributed by atoms with Crippen molar-refractivity contribution in [3.8, 4) is 11.5 Å². The Morgan fingerprint density at radius 2 is 1.72 bits per heavy atom. The molecule has 3 rings (SSSR count). The maximum Gasteiger partial charge on any atom is 0.127 e. The zero-order valence-electron chi connectivity index (χ0n) is 15.3. The Hall–Kier alpha value is -2.11. The van der Waals surface area contributed by atoms with Gasteiger partial charge in [-0.15, -0.1) is 0 Å². The van der Waals surface area contributed by atoms with Gasteiger partial charge in [-0.25, -0.2) is 0 Å². The molecule has 5 nitrogen and oxygen atoms in total. The first-order valence-electron chi connectivity index (χ1n) is 8.84. The minimum absolute atomic E-state index is 0.00546. The van der Waals surface area contributed by atoms with E-state index >= 15 is 0 Å². The molecule has 1 saturated heterocycles. The molecule has 1 atom stereocenters. The van der Waals surface area contributed by atoms with E-state index in [9.17, 15) is 0 Å². The van der Waals surface area contributed by atoms with Crippen LogP contribution in [0.3, 0.4) is 0 Å². The molecule has 0 radical (unpaired) electrons. The Morgan fingerprint density at radius 1 is 1.00 bits per heavy atom. The number of nitrogens with zero attached hydrogens (tertiary/aromatic N) is 2. The molecule has 1 aromatic carbocycles. The van der Waals surface area contributed by atoms with Gasteiger partial charge in [0.15, 0.2) is 0 Å². The summed E-state index contributed by atoms with van der Waals surface area (Å²) in [7, 11) is 3.42. The Morgan fingerprint density at radius 3 is 2.40 bits per heavy atom. The molecule has 1 aromatic heterocycles. The fraction of sp³-hybridized carbons (Fsp3) is 0.450. The van der Waals surface area contributed by atoms with Crippen molar-refractivity contribution in [1.29, 1.82) is 0 Å². The summed E-state index contributed by atoms with van der Waals surface area (Å²) in [6.07, 6.45) is 1.11. The van der Waals surface area contributed by atoms with Crippen molar-refractivity contribution in [3.05, 3.63) is 53.3 Å². The predicted molar refractivity (Wildman–Crippen MR) is 99.4 cm³/mol. The molecule has 1 aliphatic heterocycles. The predicted octanol–water partition coefficient (Wildman–Crippen LogP) is 2.79. The SMILES string of the molecule is COc1cccc(OC)c1C(c1cccc(C)n1)N1CCCNCC1. The van der Waals surface area contributed by atoms with E-state index < -0.39 is 0 Å². The topological polar surface area (TPSA) is 46.6 Å². The van der Waals surface area contributed by atoms with E-state index in [4.69, 9.17) is 14.5 Å². The molecule has 0 amide bonds. The van der Waals surface area contributed by atoms with E-state index in [2.05, 4.69) is 22.3 Å². The summed E-state index contributed by atoms with van der Waals surface area (Å²) in [4.78, 5) is 7.31. The number of ether oxygens (including phenoxy) is 2. The molecule has 134 valence electrons. The first kappa shape index (κ1) is 17.7. The monoisotopic (exact) mass is 341 g/mol. The second kappa shape index (κ2) is 8.32. The average molecular weight is 341 g/mol. The molecule has 2 heterocycles. The quantitative estimate of drug-likeness (QED) is 0.906. The third kappa shape index (κ3) is 3.94. The normalized spacial score (nSPS) is 16.9. The third-order valence-electron chi connectivity index (χ3n) is 4.67. The highest BCUT2D eigenvalue weighted by molar-refractivity contribution is 5.50. The molecular formula is C20H27N3O2. The molecule has 25 heavy (non-hydrogen) atoms. The van der Waals surface area contributed by atoms with Gasteiger partial charge in [-0.05, 0) is 44.2 Å². The van der Waals surface area contributed by atoms with E-state index in [1.807, 2.05) is 31.2 Å². The number of rotatable bonds is 5. The van der Waals surface area contributed by atoms with Crippen molar-refractivity contribution in [3.63, 3.8) is 0 Å². The van der Waals surface area contributed by atoms with Crippen molar-refractivity contribution in [1.82, 2.24) is 15.2 Å². The highest BCUT2D eigenvalue weighted by Gasteiger charge is 2.30. The number of nitrogens with one attached hydrogen (secondary N) is 1. The summed E-state index contributed by atoms with van der Waals surface area (Å²) in [5, 5.41) is 3.48. The number of aromatic nitrogens is 1. The van der Waals surface area contributed by atoms with Gasteiger partial charge in [-0.2, -0.15) is 0 Å². The first-order valence-corrected chi connectivity index (χ1v) is 8.84. The van der Waals surface area contributed by atoms with Crippen LogP contribution in [0.5, 0.6) is 11.5 Å². The summed E-state index contributed by atoms with van der Waals surface area (Å²) in [6, 6.07) is 12.2. The highest BCUT2D eigenvalue weighted by Crippen LogP contribution is 2.40. The van der Waals surface area contributed by atoms with E-state index in [0.29, 0.717) is 0 Å². The highest BCUT2D eigenvalue weighted by atomic mass is 16.5. The van der Waals surface area contributed by atoms with Gasteiger partial charge in [0.05, 0.1) is 31.5 Å². The lowest BCUT2D eigenvalue weighted by Crippen LogP contribution is -2.34. The van der Waals surface area contributed by atoms with Crippen LogP contribution in [0.2, 0.25) is 0 Å². The number of hydrogen-bond acceptors (Lipinski definition) is 5. The first-order chi connectivity index (χ1) is 12.2. The van der Waals surface area contributed by atoms with E-state index in [0.717, 1.165) is 61.1 Å². The van der Waals surface area contributed by atoms with Crippen molar-refractivity contribution in [2.75, 3.05) is 40.4 Å². The van der Waals surface area contributed by atoms with Crippen LogP contribution < -0.4 is 14.8 Å². The molecule has 5 heteroatoms. The van der Waals surface area contributed by atoms with Crippen LogP contribution in [0.1, 0.15) is 29.4 Å². The van der Waals surface area contributed by atoms with Crippen molar-refractivity contribution in [2.24, 2.45) is 0 Å². The number of benzene rings is 1. The molecule has 0 saturated carbocycles. The van der Waals surface area contributed by atoms with Gasteiger partial charge < -0.3 is 14.8 Å². The van der Waals surface area contributed by atoms with Gasteiger partial charge in [0.25, 0.3) is 0 Å². The smallest absolute Gasteiger partial charge is 0.127 e. The van der Waals surface area contributed by atoms with E-state index in [1.165, 1.54) is 0 Å². The Balaban J connectivity index is 2.14. The Kier molecular flexibility index (Phi) is 5.89. The number of hydrogen-bond donors (Lipinski definition) is 1. The molecule has 0 aliphatic carbocycles. The molecule has 1 N–H and O–H groups in total. The van der Waals surface area contributed by atoms with Crippen molar-refractivity contribution < 1.29 is 9.47 Å². The number of methoxy groups -OCH3 is 2. The Labute approximate surface area is 150 Å². The molecule has 1 unspecified atom stereocenters. The van der Waals surface area contributed by atoms with E-state index in [-0.39, 0.29) is 6.04 Å². The van der Waals surface area contributed by atoms with Gasteiger partial charge in [0.2, 0.25) is 0 Å². The minimum atomic E-state index is 0.00546. The lowest BCUT2D eigenvalue weighted by molar-refractivity contribution is 0.227. The summed E-state index contributed by atoms with van der Waals surface area (Å²) in [6.45, 7) is 6.02. The lowest BCUT2D eigenvalue weighted by Gasteiger charge is -2.32. The van der Waals surface area contributed by atoms with Gasteiger partial charge in [0, 0.05) is 25.3 Å². The summed E-state index contributed by atoms with van der Waals surface area (Å²) >= 11 is 0. The fourth-order valence-electron chi connectivity index (χ4n) is 3.51. The molecule has 0 bridgehead atoms. The largest absolute Gasteiger partial charge is 0.496 e. The van der Waals surface area contributed by atoms with Gasteiger partial charge in [0.1, 0.15) is 11.5 Å². The zero-order valence-corrected chi connectivity index (χ0v) is 15.3. The molecule has 0 spiro atoms. The van der Waals surface area contributed by atoms with Crippen LogP contribution in [0, 0.1) is 6.92 Å². The maximum absolute atomic E-state index is 5.69. The fourth-order valence-corrected chi connectivity index (χ4v) is 3.51. The van der Waals surface area contributed by atoms with Crippen molar-refractivity contribution >= 4 is 0 Å². The molecular weight excluding hydrogens is 314 g/mol. The second-order valence-corrected chi connectivity index (χ2v) is 6.32. The number of aryl methyl sites for hydroxylation is 1. The maximum atomic E-state index is 5.69. The lowest BCUT2D eigenvalue weighted by atomic mass is 9.98. The zero-order chi connectivity index (χ0) is 17.6. The van der Waals surface area contributed by atoms with Crippen LogP contribution in [0.4, 0.5) is 0 Å². The summed E-state index contributed by atoms with van der Waals surface area (Å²) < 4.78 is 11.4. The van der Waals surface area contributed by atoms with Crippen LogP contribution in [0.15, 0.2) is 36.4 Å². The van der Waals surface area contributed by atoms with Crippen molar-refractivity contribution in [2.45, 2.75) is 19.4 Å². The van der Waals surface area contributed by atoms with Gasteiger partial charge in [-0.3, -0.25) is 9.88 Å². The standard InChI is InChI=1S/C20H27N3O2/c1-15-7-4-8-16(22-15)20(23-13-6-11-21-12-14-23)19-17(24-2)9-5-10-18(19)25-3/h4-5,7-10,20-21H,6,11-14H2,1-3H3. The number of pyridine rings is 1. The van der Waals surface area contributed by atoms with Crippen LogP contribution in [0.25, 0.3) is 0 Å². The average Bonchev–Trinajstić information content (AvgIpc) is 2.91. The van der Waals surface area contributed by atoms with Gasteiger partial charge >= 0.3 is 0 Å². The second-order valence-electron chi connectivity index (χ2n) is 6.32. The van der Waals surface area contributed by atoms with Crippen LogP contribution in [-0.4, -0.2) is 50.3 Å².